The fourth-order valence-corrected chi connectivity index (χ4v) is 4.62. The third-order valence-corrected chi connectivity index (χ3v) is 6.17. The summed E-state index contributed by atoms with van der Waals surface area (Å²) >= 11 is 1.36. The van der Waals surface area contributed by atoms with Gasteiger partial charge in [-0.1, -0.05) is 31.2 Å². The molecule has 1 aliphatic heterocycles. The predicted octanol–water partition coefficient (Wildman–Crippen LogP) is 2.71. The molecule has 1 aromatic rings. The summed E-state index contributed by atoms with van der Waals surface area (Å²) in [5.74, 6) is 0.967. The summed E-state index contributed by atoms with van der Waals surface area (Å²) in [4.78, 5) is 27.9. The van der Waals surface area contributed by atoms with E-state index in [1.165, 1.54) is 24.4 Å². The first-order valence-corrected chi connectivity index (χ1v) is 10.2. The number of hydrogen-bond acceptors (Lipinski definition) is 5. The Morgan fingerprint density at radius 2 is 1.84 bits per heavy atom. The molecule has 2 aliphatic rings. The van der Waals surface area contributed by atoms with Gasteiger partial charge in [0.05, 0.1) is 17.1 Å². The lowest BCUT2D eigenvalue weighted by molar-refractivity contribution is -0.139. The van der Waals surface area contributed by atoms with Crippen molar-refractivity contribution in [1.29, 1.82) is 0 Å². The molecule has 2 heterocycles. The van der Waals surface area contributed by atoms with E-state index in [0.717, 1.165) is 36.3 Å². The number of nitrogens with zero attached hydrogens (tertiary/aromatic N) is 3. The minimum absolute atomic E-state index is 0.0102. The van der Waals surface area contributed by atoms with Crippen LogP contribution in [0.25, 0.3) is 0 Å². The zero-order chi connectivity index (χ0) is 17.8. The minimum Gasteiger partial charge on any atom is -0.351 e. The molecule has 25 heavy (non-hydrogen) atoms. The van der Waals surface area contributed by atoms with E-state index in [0.29, 0.717) is 31.5 Å². The molecular weight excluding hydrogens is 336 g/mol. The SMILES string of the molecule is CC(C)c1nnsc1CNC(=O)C1CCN(C(=O)C2CCCC2)CC1. The molecule has 1 aliphatic carbocycles. The third kappa shape index (κ3) is 4.37. The first kappa shape index (κ1) is 18.3. The zero-order valence-electron chi connectivity index (χ0n) is 15.2. The van der Waals surface area contributed by atoms with Crippen LogP contribution in [0.4, 0.5) is 0 Å². The predicted molar refractivity (Wildman–Crippen MR) is 97.1 cm³/mol. The van der Waals surface area contributed by atoms with E-state index in [4.69, 9.17) is 0 Å². The topological polar surface area (TPSA) is 75.2 Å². The van der Waals surface area contributed by atoms with Crippen LogP contribution in [-0.2, 0) is 16.1 Å². The van der Waals surface area contributed by atoms with Gasteiger partial charge in [-0.15, -0.1) is 5.10 Å². The minimum atomic E-state index is 0.0102. The molecule has 1 saturated carbocycles. The molecular formula is C18H28N4O2S. The third-order valence-electron chi connectivity index (χ3n) is 5.44. The van der Waals surface area contributed by atoms with Crippen LogP contribution in [0.3, 0.4) is 0 Å². The lowest BCUT2D eigenvalue weighted by Gasteiger charge is -2.33. The maximum absolute atomic E-state index is 12.5. The Labute approximate surface area is 153 Å². The molecule has 2 fully saturated rings. The Balaban J connectivity index is 1.45. The van der Waals surface area contributed by atoms with E-state index in [1.54, 1.807) is 0 Å². The number of amides is 2. The standard InChI is InChI=1S/C18H28N4O2S/c1-12(2)16-15(25-21-20-16)11-19-17(23)13-7-9-22(10-8-13)18(24)14-5-3-4-6-14/h12-14H,3-11H2,1-2H3,(H,19,23). The number of carbonyl (C=O) groups is 2. The second kappa shape index (κ2) is 8.25. The molecule has 0 aromatic carbocycles. The summed E-state index contributed by atoms with van der Waals surface area (Å²) < 4.78 is 4.00. The smallest absolute Gasteiger partial charge is 0.225 e. The van der Waals surface area contributed by atoms with E-state index >= 15 is 0 Å². The van der Waals surface area contributed by atoms with Gasteiger partial charge in [-0.25, -0.2) is 0 Å². The lowest BCUT2D eigenvalue weighted by Crippen LogP contribution is -2.44. The summed E-state index contributed by atoms with van der Waals surface area (Å²) in [6, 6.07) is 0. The molecule has 2 amide bonds. The second-order valence-corrected chi connectivity index (χ2v) is 8.37. The highest BCUT2D eigenvalue weighted by Gasteiger charge is 2.32. The van der Waals surface area contributed by atoms with Crippen molar-refractivity contribution in [3.8, 4) is 0 Å². The van der Waals surface area contributed by atoms with E-state index in [-0.39, 0.29) is 17.7 Å². The molecule has 6 nitrogen and oxygen atoms in total. The van der Waals surface area contributed by atoms with E-state index < -0.39 is 0 Å². The van der Waals surface area contributed by atoms with Gasteiger partial charge in [0, 0.05) is 24.9 Å². The van der Waals surface area contributed by atoms with Gasteiger partial charge in [0.1, 0.15) is 0 Å². The molecule has 7 heteroatoms. The molecule has 0 bridgehead atoms. The van der Waals surface area contributed by atoms with Crippen LogP contribution in [0.15, 0.2) is 0 Å². The Morgan fingerprint density at radius 1 is 1.16 bits per heavy atom. The monoisotopic (exact) mass is 364 g/mol. The average Bonchev–Trinajstić information content (AvgIpc) is 3.30. The van der Waals surface area contributed by atoms with Crippen molar-refractivity contribution in [2.24, 2.45) is 11.8 Å². The average molecular weight is 365 g/mol. The molecule has 1 saturated heterocycles. The molecule has 3 rings (SSSR count). The summed E-state index contributed by atoms with van der Waals surface area (Å²) in [5, 5.41) is 7.18. The maximum Gasteiger partial charge on any atom is 0.225 e. The van der Waals surface area contributed by atoms with E-state index in [2.05, 4.69) is 28.8 Å². The quantitative estimate of drug-likeness (QED) is 0.872. The van der Waals surface area contributed by atoms with Gasteiger partial charge in [-0.2, -0.15) is 0 Å². The highest BCUT2D eigenvalue weighted by Crippen LogP contribution is 2.28. The molecule has 1 N–H and O–H groups in total. The largest absolute Gasteiger partial charge is 0.351 e. The Bertz CT molecular complexity index is 602. The maximum atomic E-state index is 12.5. The van der Waals surface area contributed by atoms with Crippen molar-refractivity contribution in [2.45, 2.75) is 64.8 Å². The van der Waals surface area contributed by atoms with Crippen molar-refractivity contribution in [2.75, 3.05) is 13.1 Å². The van der Waals surface area contributed by atoms with Gasteiger partial charge < -0.3 is 10.2 Å². The Morgan fingerprint density at radius 3 is 2.48 bits per heavy atom. The van der Waals surface area contributed by atoms with Crippen molar-refractivity contribution in [1.82, 2.24) is 19.8 Å². The Kier molecular flexibility index (Phi) is 6.04. The second-order valence-electron chi connectivity index (χ2n) is 7.53. The van der Waals surface area contributed by atoms with E-state index in [9.17, 15) is 9.59 Å². The van der Waals surface area contributed by atoms with Crippen LogP contribution in [-0.4, -0.2) is 39.4 Å². The van der Waals surface area contributed by atoms with Crippen LogP contribution in [0, 0.1) is 11.8 Å². The number of likely N-dealkylation sites (tertiary alicyclic amines) is 1. The molecule has 138 valence electrons. The number of rotatable bonds is 5. The van der Waals surface area contributed by atoms with Crippen molar-refractivity contribution in [3.05, 3.63) is 10.6 Å². The highest BCUT2D eigenvalue weighted by atomic mass is 32.1. The normalized spacial score (nSPS) is 19.6. The molecule has 1 aromatic heterocycles. The van der Waals surface area contributed by atoms with Gasteiger partial charge in [-0.05, 0) is 43.1 Å². The van der Waals surface area contributed by atoms with Gasteiger partial charge in [0.2, 0.25) is 11.8 Å². The molecule has 0 atom stereocenters. The van der Waals surface area contributed by atoms with Gasteiger partial charge in [0.25, 0.3) is 0 Å². The van der Waals surface area contributed by atoms with Crippen LogP contribution < -0.4 is 5.32 Å². The molecule has 0 radical (unpaired) electrons. The Hall–Kier alpha value is -1.50. The molecule has 0 spiro atoms. The number of hydrogen-bond donors (Lipinski definition) is 1. The zero-order valence-corrected chi connectivity index (χ0v) is 16.0. The summed E-state index contributed by atoms with van der Waals surface area (Å²) in [6.45, 7) is 6.10. The van der Waals surface area contributed by atoms with Crippen molar-refractivity contribution >= 4 is 23.3 Å². The first-order chi connectivity index (χ1) is 12.1. The fourth-order valence-electron chi connectivity index (χ4n) is 3.88. The van der Waals surface area contributed by atoms with Crippen molar-refractivity contribution in [3.63, 3.8) is 0 Å². The van der Waals surface area contributed by atoms with Crippen LogP contribution >= 0.6 is 11.5 Å². The van der Waals surface area contributed by atoms with Crippen molar-refractivity contribution < 1.29 is 9.59 Å². The van der Waals surface area contributed by atoms with Crippen LogP contribution in [0.2, 0.25) is 0 Å². The first-order valence-electron chi connectivity index (χ1n) is 9.44. The fraction of sp³-hybridized carbons (Fsp3) is 0.778. The number of piperidine rings is 1. The number of carbonyl (C=O) groups excluding carboxylic acids is 2. The van der Waals surface area contributed by atoms with Gasteiger partial charge in [-0.3, -0.25) is 9.59 Å². The number of aromatic nitrogens is 2. The number of nitrogens with one attached hydrogen (secondary N) is 1. The lowest BCUT2D eigenvalue weighted by atomic mass is 9.94. The van der Waals surface area contributed by atoms with Crippen LogP contribution in [0.5, 0.6) is 0 Å². The summed E-state index contributed by atoms with van der Waals surface area (Å²) in [5.41, 5.74) is 0.974. The van der Waals surface area contributed by atoms with Gasteiger partial charge >= 0.3 is 0 Å². The molecule has 0 unspecified atom stereocenters. The highest BCUT2D eigenvalue weighted by molar-refractivity contribution is 7.05. The summed E-state index contributed by atoms with van der Waals surface area (Å²) in [6.07, 6.45) is 5.98. The van der Waals surface area contributed by atoms with Gasteiger partial charge in [0.15, 0.2) is 0 Å². The summed E-state index contributed by atoms with van der Waals surface area (Å²) in [7, 11) is 0. The van der Waals surface area contributed by atoms with E-state index in [1.807, 2.05) is 4.90 Å². The van der Waals surface area contributed by atoms with Crippen LogP contribution in [0.1, 0.15) is 68.9 Å².